The molecule has 0 fully saturated rings. The van der Waals surface area contributed by atoms with Crippen LogP contribution in [0.5, 0.6) is 5.75 Å². The van der Waals surface area contributed by atoms with Crippen molar-refractivity contribution in [1.82, 2.24) is 5.32 Å². The average molecular weight is 244 g/mol. The van der Waals surface area contributed by atoms with Crippen LogP contribution in [0.1, 0.15) is 11.1 Å². The maximum absolute atomic E-state index is 12.6. The van der Waals surface area contributed by atoms with E-state index in [2.05, 4.69) is 5.32 Å². The average Bonchev–Trinajstić information content (AvgIpc) is 2.28. The fraction of sp³-hybridized carbons (Fsp3) is 0.364. The van der Waals surface area contributed by atoms with Gasteiger partial charge in [-0.15, -0.1) is 0 Å². The molecule has 0 radical (unpaired) electrons. The van der Waals surface area contributed by atoms with Gasteiger partial charge in [0.25, 0.3) is 0 Å². The Bertz CT molecular complexity index is 424. The second kappa shape index (κ2) is 5.55. The van der Waals surface area contributed by atoms with Gasteiger partial charge >= 0.3 is 6.18 Å². The molecule has 17 heavy (non-hydrogen) atoms. The predicted molar refractivity (Wildman–Crippen MR) is 55.6 cm³/mol. The van der Waals surface area contributed by atoms with Gasteiger partial charge in [-0.3, -0.25) is 0 Å². The zero-order valence-electron chi connectivity index (χ0n) is 9.14. The third-order valence-electron chi connectivity index (χ3n) is 2.04. The van der Waals surface area contributed by atoms with Gasteiger partial charge in [-0.1, -0.05) is 0 Å². The first-order chi connectivity index (χ1) is 7.99. The second-order valence-electron chi connectivity index (χ2n) is 3.27. The van der Waals surface area contributed by atoms with Crippen LogP contribution in [-0.4, -0.2) is 20.2 Å². The Kier molecular flexibility index (Phi) is 4.35. The summed E-state index contributed by atoms with van der Waals surface area (Å²) in [6.45, 7) is 0.793. The molecule has 6 heteroatoms. The summed E-state index contributed by atoms with van der Waals surface area (Å²) in [4.78, 5) is 0. The van der Waals surface area contributed by atoms with Crippen molar-refractivity contribution in [3.63, 3.8) is 0 Å². The van der Waals surface area contributed by atoms with Crippen molar-refractivity contribution in [2.75, 3.05) is 20.2 Å². The van der Waals surface area contributed by atoms with Gasteiger partial charge in [0.05, 0.1) is 17.2 Å². The highest BCUT2D eigenvalue weighted by atomic mass is 19.4. The van der Waals surface area contributed by atoms with Crippen LogP contribution in [0.2, 0.25) is 0 Å². The minimum Gasteiger partial charge on any atom is -0.492 e. The quantitative estimate of drug-likeness (QED) is 0.825. The van der Waals surface area contributed by atoms with Gasteiger partial charge in [-0.25, -0.2) is 0 Å². The summed E-state index contributed by atoms with van der Waals surface area (Å²) in [6, 6.07) is 4.81. The lowest BCUT2D eigenvalue weighted by atomic mass is 10.1. The van der Waals surface area contributed by atoms with E-state index in [1.54, 1.807) is 7.05 Å². The second-order valence-corrected chi connectivity index (χ2v) is 3.27. The lowest BCUT2D eigenvalue weighted by Gasteiger charge is -2.11. The molecule has 0 saturated heterocycles. The summed E-state index contributed by atoms with van der Waals surface area (Å²) in [5.41, 5.74) is -1.37. The number of benzene rings is 1. The Morgan fingerprint density at radius 3 is 2.65 bits per heavy atom. The number of nitriles is 1. The minimum atomic E-state index is -4.55. The summed E-state index contributed by atoms with van der Waals surface area (Å²) >= 11 is 0. The van der Waals surface area contributed by atoms with E-state index in [4.69, 9.17) is 10.00 Å². The van der Waals surface area contributed by atoms with Crippen molar-refractivity contribution in [3.8, 4) is 11.8 Å². The van der Waals surface area contributed by atoms with Crippen molar-refractivity contribution in [3.05, 3.63) is 29.3 Å². The lowest BCUT2D eigenvalue weighted by Crippen LogP contribution is -2.16. The van der Waals surface area contributed by atoms with Gasteiger partial charge in [0.1, 0.15) is 12.4 Å². The molecule has 1 aromatic rings. The first-order valence-electron chi connectivity index (χ1n) is 4.87. The number of nitrogens with zero attached hydrogens (tertiary/aromatic N) is 1. The first kappa shape index (κ1) is 13.3. The highest BCUT2D eigenvalue weighted by molar-refractivity contribution is 5.44. The van der Waals surface area contributed by atoms with Crippen LogP contribution < -0.4 is 10.1 Å². The lowest BCUT2D eigenvalue weighted by molar-refractivity contribution is -0.137. The molecular weight excluding hydrogens is 233 g/mol. The topological polar surface area (TPSA) is 45.0 Å². The number of likely N-dealkylation sites (N-methyl/N-ethyl adjacent to an activating group) is 1. The molecule has 0 amide bonds. The van der Waals surface area contributed by atoms with Gasteiger partial charge in [0, 0.05) is 6.54 Å². The van der Waals surface area contributed by atoms with Gasteiger partial charge in [-0.05, 0) is 25.2 Å². The summed E-state index contributed by atoms with van der Waals surface area (Å²) < 4.78 is 42.9. The molecule has 0 spiro atoms. The predicted octanol–water partition coefficient (Wildman–Crippen LogP) is 2.18. The van der Waals surface area contributed by atoms with E-state index in [0.29, 0.717) is 6.54 Å². The molecular formula is C11H11F3N2O. The smallest absolute Gasteiger partial charge is 0.417 e. The van der Waals surface area contributed by atoms with Crippen molar-refractivity contribution < 1.29 is 17.9 Å². The van der Waals surface area contributed by atoms with E-state index in [1.165, 1.54) is 12.1 Å². The summed E-state index contributed by atoms with van der Waals surface area (Å²) in [6.07, 6.45) is -4.55. The van der Waals surface area contributed by atoms with E-state index in [0.717, 1.165) is 12.1 Å². The Morgan fingerprint density at radius 1 is 1.41 bits per heavy atom. The zero-order chi connectivity index (χ0) is 12.9. The largest absolute Gasteiger partial charge is 0.492 e. The zero-order valence-corrected chi connectivity index (χ0v) is 9.14. The van der Waals surface area contributed by atoms with E-state index < -0.39 is 17.3 Å². The minimum absolute atomic E-state index is 0.103. The molecule has 0 unspecified atom stereocenters. The molecule has 0 atom stereocenters. The molecule has 0 aliphatic heterocycles. The molecule has 0 heterocycles. The molecule has 0 bridgehead atoms. The maximum Gasteiger partial charge on any atom is 0.417 e. The number of hydrogen-bond donors (Lipinski definition) is 1. The number of nitrogens with one attached hydrogen (secondary N) is 1. The SMILES string of the molecule is CNCCOc1ccc(C#N)c(C(F)(F)F)c1. The van der Waals surface area contributed by atoms with Crippen molar-refractivity contribution in [2.45, 2.75) is 6.18 Å². The Hall–Kier alpha value is -1.74. The van der Waals surface area contributed by atoms with E-state index in [9.17, 15) is 13.2 Å². The van der Waals surface area contributed by atoms with E-state index in [1.807, 2.05) is 0 Å². The third kappa shape index (κ3) is 3.64. The van der Waals surface area contributed by atoms with Gasteiger partial charge in [0.2, 0.25) is 0 Å². The Balaban J connectivity index is 2.94. The van der Waals surface area contributed by atoms with Crippen molar-refractivity contribution >= 4 is 0 Å². The number of halogens is 3. The summed E-state index contributed by atoms with van der Waals surface area (Å²) in [5, 5.41) is 11.4. The molecule has 0 aliphatic carbocycles. The molecule has 0 aliphatic rings. The Morgan fingerprint density at radius 2 is 2.12 bits per heavy atom. The Labute approximate surface area is 96.8 Å². The maximum atomic E-state index is 12.6. The van der Waals surface area contributed by atoms with E-state index >= 15 is 0 Å². The number of ether oxygens (including phenoxy) is 1. The third-order valence-corrected chi connectivity index (χ3v) is 2.04. The van der Waals surface area contributed by atoms with Crippen molar-refractivity contribution in [2.24, 2.45) is 0 Å². The number of alkyl halides is 3. The molecule has 3 nitrogen and oxygen atoms in total. The highest BCUT2D eigenvalue weighted by Crippen LogP contribution is 2.34. The number of hydrogen-bond acceptors (Lipinski definition) is 3. The molecule has 0 aromatic heterocycles. The van der Waals surface area contributed by atoms with Gasteiger partial charge in [-0.2, -0.15) is 18.4 Å². The van der Waals surface area contributed by atoms with Gasteiger partial charge in [0.15, 0.2) is 0 Å². The fourth-order valence-corrected chi connectivity index (χ4v) is 1.22. The van der Waals surface area contributed by atoms with Crippen LogP contribution in [0.25, 0.3) is 0 Å². The van der Waals surface area contributed by atoms with Crippen LogP contribution in [0.15, 0.2) is 18.2 Å². The molecule has 1 rings (SSSR count). The van der Waals surface area contributed by atoms with Crippen LogP contribution >= 0.6 is 0 Å². The highest BCUT2D eigenvalue weighted by Gasteiger charge is 2.34. The van der Waals surface area contributed by atoms with Crippen molar-refractivity contribution in [1.29, 1.82) is 5.26 Å². The summed E-state index contributed by atoms with van der Waals surface area (Å²) in [5.74, 6) is 0.103. The van der Waals surface area contributed by atoms with E-state index in [-0.39, 0.29) is 12.4 Å². The van der Waals surface area contributed by atoms with Crippen LogP contribution in [0.4, 0.5) is 13.2 Å². The standard InChI is InChI=1S/C11H11F3N2O/c1-16-4-5-17-9-3-2-8(7-15)10(6-9)11(12,13)14/h2-3,6,16H,4-5H2,1H3. The molecule has 92 valence electrons. The van der Waals surface area contributed by atoms with Crippen LogP contribution in [0, 0.1) is 11.3 Å². The fourth-order valence-electron chi connectivity index (χ4n) is 1.22. The molecule has 1 N–H and O–H groups in total. The summed E-state index contributed by atoms with van der Waals surface area (Å²) in [7, 11) is 1.71. The molecule has 1 aromatic carbocycles. The number of rotatable bonds is 4. The monoisotopic (exact) mass is 244 g/mol. The first-order valence-corrected chi connectivity index (χ1v) is 4.87. The van der Waals surface area contributed by atoms with Gasteiger partial charge < -0.3 is 10.1 Å². The van der Waals surface area contributed by atoms with Crippen LogP contribution in [-0.2, 0) is 6.18 Å². The molecule has 0 saturated carbocycles. The van der Waals surface area contributed by atoms with Crippen LogP contribution in [0.3, 0.4) is 0 Å². The normalized spacial score (nSPS) is 11.0.